The van der Waals surface area contributed by atoms with Crippen LogP contribution in [-0.2, 0) is 4.79 Å². The fourth-order valence-electron chi connectivity index (χ4n) is 2.68. The van der Waals surface area contributed by atoms with Crippen LogP contribution in [-0.4, -0.2) is 24.1 Å². The second kappa shape index (κ2) is 8.13. The third-order valence-corrected chi connectivity index (χ3v) is 4.47. The van der Waals surface area contributed by atoms with Crippen molar-refractivity contribution in [3.63, 3.8) is 0 Å². The molecule has 1 aromatic carbocycles. The third kappa shape index (κ3) is 4.19. The summed E-state index contributed by atoms with van der Waals surface area (Å²) < 4.78 is 0. The summed E-state index contributed by atoms with van der Waals surface area (Å²) in [5.74, 6) is 0.604. The van der Waals surface area contributed by atoms with E-state index in [0.29, 0.717) is 11.0 Å². The van der Waals surface area contributed by atoms with Gasteiger partial charge >= 0.3 is 0 Å². The Morgan fingerprint density at radius 1 is 1.41 bits per heavy atom. The molecule has 120 valence electrons. The van der Waals surface area contributed by atoms with Crippen LogP contribution in [0.1, 0.15) is 39.5 Å². The molecular weight excluding hydrogens is 294 g/mol. The molecule has 5 heteroatoms. The van der Waals surface area contributed by atoms with E-state index in [9.17, 15) is 4.79 Å². The van der Waals surface area contributed by atoms with E-state index in [4.69, 9.17) is 12.2 Å². The zero-order valence-corrected chi connectivity index (χ0v) is 14.2. The lowest BCUT2D eigenvalue weighted by atomic mass is 9.99. The Kier molecular flexibility index (Phi) is 6.19. The summed E-state index contributed by atoms with van der Waals surface area (Å²) in [5.41, 5.74) is 1.78. The molecule has 22 heavy (non-hydrogen) atoms. The van der Waals surface area contributed by atoms with Crippen LogP contribution in [0.2, 0.25) is 0 Å². The second-order valence-corrected chi connectivity index (χ2v) is 6.14. The van der Waals surface area contributed by atoms with E-state index >= 15 is 0 Å². The molecule has 0 aliphatic carbocycles. The van der Waals surface area contributed by atoms with Gasteiger partial charge in [-0.1, -0.05) is 45.2 Å². The molecule has 2 N–H and O–H groups in total. The summed E-state index contributed by atoms with van der Waals surface area (Å²) in [4.78, 5) is 13.7. The molecule has 2 rings (SSSR count). The SMILES string of the molecule is CCCC[C@@H](CC)CNC(=S)N1CC(=O)Nc2ccccc21. The monoisotopic (exact) mass is 319 g/mol. The first-order chi connectivity index (χ1) is 10.7. The summed E-state index contributed by atoms with van der Waals surface area (Å²) in [6.07, 6.45) is 4.84. The van der Waals surface area contributed by atoms with Crippen LogP contribution >= 0.6 is 12.2 Å². The number of thiocarbonyl (C=S) groups is 1. The minimum absolute atomic E-state index is 0.0270. The van der Waals surface area contributed by atoms with Crippen molar-refractivity contribution in [3.05, 3.63) is 24.3 Å². The zero-order chi connectivity index (χ0) is 15.9. The van der Waals surface area contributed by atoms with E-state index in [1.54, 1.807) is 0 Å². The van der Waals surface area contributed by atoms with E-state index in [1.165, 1.54) is 19.3 Å². The number of hydrogen-bond donors (Lipinski definition) is 2. The van der Waals surface area contributed by atoms with Gasteiger partial charge in [0.2, 0.25) is 5.91 Å². The molecule has 1 aliphatic rings. The van der Waals surface area contributed by atoms with Gasteiger partial charge in [0.1, 0.15) is 6.54 Å². The number of nitrogens with one attached hydrogen (secondary N) is 2. The Labute approximate surface area is 138 Å². The van der Waals surface area contributed by atoms with Crippen LogP contribution < -0.4 is 15.5 Å². The molecule has 4 nitrogen and oxygen atoms in total. The van der Waals surface area contributed by atoms with Crippen molar-refractivity contribution in [1.82, 2.24) is 5.32 Å². The number of carbonyl (C=O) groups is 1. The Balaban J connectivity index is 1.99. The molecule has 0 radical (unpaired) electrons. The Morgan fingerprint density at radius 2 is 2.18 bits per heavy atom. The number of amides is 1. The number of fused-ring (bicyclic) bond motifs is 1. The van der Waals surface area contributed by atoms with Crippen LogP contribution in [0.4, 0.5) is 11.4 Å². The van der Waals surface area contributed by atoms with Crippen molar-refractivity contribution in [3.8, 4) is 0 Å². The second-order valence-electron chi connectivity index (χ2n) is 5.75. The molecule has 0 saturated carbocycles. The summed E-state index contributed by atoms with van der Waals surface area (Å²) in [7, 11) is 0. The van der Waals surface area contributed by atoms with Crippen LogP contribution in [0.3, 0.4) is 0 Å². The number of nitrogens with zero attached hydrogens (tertiary/aromatic N) is 1. The van der Waals surface area contributed by atoms with Crippen molar-refractivity contribution >= 4 is 34.6 Å². The van der Waals surface area contributed by atoms with Gasteiger partial charge in [0, 0.05) is 6.54 Å². The number of benzene rings is 1. The van der Waals surface area contributed by atoms with E-state index in [-0.39, 0.29) is 12.5 Å². The van der Waals surface area contributed by atoms with E-state index in [2.05, 4.69) is 24.5 Å². The molecule has 0 spiro atoms. The number of para-hydroxylation sites is 2. The molecule has 0 bridgehead atoms. The zero-order valence-electron chi connectivity index (χ0n) is 13.4. The molecule has 0 fully saturated rings. The minimum atomic E-state index is -0.0270. The van der Waals surface area contributed by atoms with Crippen LogP contribution in [0.5, 0.6) is 0 Å². The highest BCUT2D eigenvalue weighted by Crippen LogP contribution is 2.28. The lowest BCUT2D eigenvalue weighted by Crippen LogP contribution is -2.47. The Morgan fingerprint density at radius 3 is 2.91 bits per heavy atom. The largest absolute Gasteiger partial charge is 0.362 e. The molecule has 1 amide bonds. The van der Waals surface area contributed by atoms with Gasteiger partial charge in [0.15, 0.2) is 5.11 Å². The molecule has 0 unspecified atom stereocenters. The van der Waals surface area contributed by atoms with Gasteiger partial charge in [-0.15, -0.1) is 0 Å². The fourth-order valence-corrected chi connectivity index (χ4v) is 2.93. The van der Waals surface area contributed by atoms with E-state index < -0.39 is 0 Å². The average Bonchev–Trinajstić information content (AvgIpc) is 2.54. The summed E-state index contributed by atoms with van der Waals surface area (Å²) in [6, 6.07) is 7.76. The Bertz CT molecular complexity index is 532. The van der Waals surface area contributed by atoms with Gasteiger partial charge in [-0.05, 0) is 36.7 Å². The fraction of sp³-hybridized carbons (Fsp3) is 0.529. The van der Waals surface area contributed by atoms with Crippen LogP contribution in [0.15, 0.2) is 24.3 Å². The lowest BCUT2D eigenvalue weighted by molar-refractivity contribution is -0.115. The van der Waals surface area contributed by atoms with E-state index in [1.807, 2.05) is 29.2 Å². The van der Waals surface area contributed by atoms with Crippen molar-refractivity contribution in [2.75, 3.05) is 23.3 Å². The number of rotatable bonds is 6. The van der Waals surface area contributed by atoms with Gasteiger partial charge in [-0.2, -0.15) is 0 Å². The predicted octanol–water partition coefficient (Wildman–Crippen LogP) is 3.54. The summed E-state index contributed by atoms with van der Waals surface area (Å²) in [6.45, 7) is 5.58. The van der Waals surface area contributed by atoms with Gasteiger partial charge in [-0.25, -0.2) is 0 Å². The molecule has 1 aromatic rings. The molecule has 0 saturated heterocycles. The number of carbonyl (C=O) groups excluding carboxylic acids is 1. The van der Waals surface area contributed by atoms with E-state index in [0.717, 1.165) is 24.3 Å². The summed E-state index contributed by atoms with van der Waals surface area (Å²) in [5, 5.41) is 6.87. The average molecular weight is 319 g/mol. The van der Waals surface area contributed by atoms with Gasteiger partial charge in [-0.3, -0.25) is 4.79 Å². The molecule has 0 aromatic heterocycles. The minimum Gasteiger partial charge on any atom is -0.362 e. The van der Waals surface area contributed by atoms with Crippen molar-refractivity contribution < 1.29 is 4.79 Å². The molecule has 1 heterocycles. The molecule has 1 atom stereocenters. The highest BCUT2D eigenvalue weighted by Gasteiger charge is 2.24. The van der Waals surface area contributed by atoms with Gasteiger partial charge < -0.3 is 15.5 Å². The smallest absolute Gasteiger partial charge is 0.244 e. The number of hydrogen-bond acceptors (Lipinski definition) is 2. The van der Waals surface area contributed by atoms with Crippen molar-refractivity contribution in [2.24, 2.45) is 5.92 Å². The number of unbranched alkanes of at least 4 members (excludes halogenated alkanes) is 1. The normalized spacial score (nSPS) is 15.0. The quantitative estimate of drug-likeness (QED) is 0.787. The van der Waals surface area contributed by atoms with Gasteiger partial charge in [0.05, 0.1) is 11.4 Å². The number of anilines is 2. The van der Waals surface area contributed by atoms with Crippen LogP contribution in [0, 0.1) is 5.92 Å². The maximum Gasteiger partial charge on any atom is 0.244 e. The van der Waals surface area contributed by atoms with Crippen molar-refractivity contribution in [2.45, 2.75) is 39.5 Å². The lowest BCUT2D eigenvalue weighted by Gasteiger charge is -2.31. The first kappa shape index (κ1) is 16.7. The van der Waals surface area contributed by atoms with Crippen molar-refractivity contribution in [1.29, 1.82) is 0 Å². The maximum atomic E-state index is 11.8. The highest BCUT2D eigenvalue weighted by molar-refractivity contribution is 7.80. The topological polar surface area (TPSA) is 44.4 Å². The van der Waals surface area contributed by atoms with Crippen LogP contribution in [0.25, 0.3) is 0 Å². The first-order valence-corrected chi connectivity index (χ1v) is 8.50. The third-order valence-electron chi connectivity index (χ3n) is 4.10. The standard InChI is InChI=1S/C17H25N3OS/c1-3-5-8-13(4-2)11-18-17(22)20-12-16(21)19-14-9-6-7-10-15(14)20/h6-7,9-10,13H,3-5,8,11-12H2,1-2H3,(H,18,22)(H,19,21)/t13-/m1/s1. The molecular formula is C17H25N3OS. The molecule has 1 aliphatic heterocycles. The van der Waals surface area contributed by atoms with Gasteiger partial charge in [0.25, 0.3) is 0 Å². The maximum absolute atomic E-state index is 11.8. The predicted molar refractivity (Wildman–Crippen MR) is 96.3 cm³/mol. The Hall–Kier alpha value is -1.62. The first-order valence-electron chi connectivity index (χ1n) is 8.10. The highest BCUT2D eigenvalue weighted by atomic mass is 32.1. The summed E-state index contributed by atoms with van der Waals surface area (Å²) >= 11 is 5.52.